The minimum Gasteiger partial charge on any atom is -0.468 e. The Morgan fingerprint density at radius 3 is 2.65 bits per heavy atom. The summed E-state index contributed by atoms with van der Waals surface area (Å²) in [5.74, 6) is -0.734. The number of carbonyl (C=O) groups excluding carboxylic acids is 1. The zero-order valence-corrected chi connectivity index (χ0v) is 11.8. The van der Waals surface area contributed by atoms with Crippen LogP contribution in [0.15, 0.2) is 36.8 Å². The molecule has 0 aliphatic heterocycles. The van der Waals surface area contributed by atoms with Crippen LogP contribution in [0, 0.1) is 0 Å². The Morgan fingerprint density at radius 2 is 2.04 bits per heavy atom. The minimum atomic E-state index is -4.41. The van der Waals surface area contributed by atoms with Gasteiger partial charge in [-0.25, -0.2) is 4.98 Å². The molecule has 0 aliphatic rings. The summed E-state index contributed by atoms with van der Waals surface area (Å²) < 4.78 is 40.6. The van der Waals surface area contributed by atoms with E-state index < -0.39 is 18.7 Å². The maximum Gasteiger partial charge on any atom is 0.422 e. The fraction of sp³-hybridized carbons (Fsp3) is 0.214. The minimum absolute atomic E-state index is 0.118. The number of hydrogen-bond donors (Lipinski definition) is 2. The Hall–Kier alpha value is -2.84. The summed E-state index contributed by atoms with van der Waals surface area (Å²) in [5, 5.41) is 2.98. The molecule has 0 saturated carbocycles. The highest BCUT2D eigenvalue weighted by molar-refractivity contribution is 5.98. The number of halogens is 3. The molecule has 0 bridgehead atoms. The third-order valence-electron chi connectivity index (χ3n) is 2.75. The van der Waals surface area contributed by atoms with Crippen molar-refractivity contribution in [3.63, 3.8) is 0 Å². The molecule has 2 aromatic heterocycles. The van der Waals surface area contributed by atoms with Gasteiger partial charge in [-0.1, -0.05) is 6.07 Å². The van der Waals surface area contributed by atoms with Gasteiger partial charge < -0.3 is 15.8 Å². The molecular weight excluding hydrogens is 313 g/mol. The van der Waals surface area contributed by atoms with Gasteiger partial charge >= 0.3 is 6.18 Å². The maximum atomic E-state index is 12.0. The third kappa shape index (κ3) is 5.13. The first-order valence-electron chi connectivity index (χ1n) is 6.47. The molecule has 0 atom stereocenters. The van der Waals surface area contributed by atoms with Crippen molar-refractivity contribution in [3.8, 4) is 5.88 Å². The first-order valence-corrected chi connectivity index (χ1v) is 6.47. The summed E-state index contributed by atoms with van der Waals surface area (Å²) >= 11 is 0. The number of aromatic nitrogens is 2. The zero-order valence-electron chi connectivity index (χ0n) is 11.8. The van der Waals surface area contributed by atoms with E-state index in [1.54, 1.807) is 12.1 Å². The van der Waals surface area contributed by atoms with Crippen LogP contribution >= 0.6 is 0 Å². The van der Waals surface area contributed by atoms with Gasteiger partial charge in [0, 0.05) is 31.2 Å². The van der Waals surface area contributed by atoms with E-state index in [4.69, 9.17) is 5.73 Å². The lowest BCUT2D eigenvalue weighted by Gasteiger charge is -2.10. The zero-order chi connectivity index (χ0) is 16.9. The van der Waals surface area contributed by atoms with Crippen molar-refractivity contribution in [2.75, 3.05) is 11.9 Å². The Bertz CT molecular complexity index is 674. The fourth-order valence-corrected chi connectivity index (χ4v) is 1.70. The number of nitrogens with one attached hydrogen (secondary N) is 1. The van der Waals surface area contributed by atoms with Crippen LogP contribution < -0.4 is 15.8 Å². The number of primary amides is 1. The van der Waals surface area contributed by atoms with E-state index in [-0.39, 0.29) is 11.4 Å². The Morgan fingerprint density at radius 1 is 1.26 bits per heavy atom. The van der Waals surface area contributed by atoms with Crippen molar-refractivity contribution >= 4 is 11.6 Å². The predicted octanol–water partition coefficient (Wildman–Crippen LogP) is 2.13. The average molecular weight is 326 g/mol. The molecule has 3 N–H and O–H groups in total. The van der Waals surface area contributed by atoms with Crippen molar-refractivity contribution in [2.24, 2.45) is 5.73 Å². The number of ether oxygens (including phenoxy) is 1. The highest BCUT2D eigenvalue weighted by atomic mass is 19.4. The predicted molar refractivity (Wildman–Crippen MR) is 75.9 cm³/mol. The van der Waals surface area contributed by atoms with Crippen molar-refractivity contribution in [2.45, 2.75) is 12.7 Å². The van der Waals surface area contributed by atoms with Crippen LogP contribution in [0.2, 0.25) is 0 Å². The molecule has 2 aromatic rings. The number of amides is 1. The lowest BCUT2D eigenvalue weighted by atomic mass is 10.2. The lowest BCUT2D eigenvalue weighted by molar-refractivity contribution is -0.154. The highest BCUT2D eigenvalue weighted by Crippen LogP contribution is 2.18. The second-order valence-corrected chi connectivity index (χ2v) is 4.55. The number of nitrogens with zero attached hydrogens (tertiary/aromatic N) is 2. The average Bonchev–Trinajstić information content (AvgIpc) is 2.51. The molecule has 2 rings (SSSR count). The summed E-state index contributed by atoms with van der Waals surface area (Å²) in [6, 6.07) is 4.50. The maximum absolute atomic E-state index is 12.0. The molecule has 23 heavy (non-hydrogen) atoms. The van der Waals surface area contributed by atoms with Gasteiger partial charge in [0.05, 0.1) is 11.3 Å². The van der Waals surface area contributed by atoms with Crippen LogP contribution in [0.25, 0.3) is 0 Å². The van der Waals surface area contributed by atoms with E-state index in [0.717, 1.165) is 0 Å². The van der Waals surface area contributed by atoms with Gasteiger partial charge in [-0.15, -0.1) is 0 Å². The molecule has 0 spiro atoms. The van der Waals surface area contributed by atoms with E-state index in [2.05, 4.69) is 20.0 Å². The van der Waals surface area contributed by atoms with Crippen LogP contribution in [0.3, 0.4) is 0 Å². The van der Waals surface area contributed by atoms with Crippen LogP contribution in [0.4, 0.5) is 18.9 Å². The molecule has 0 radical (unpaired) electrons. The van der Waals surface area contributed by atoms with Gasteiger partial charge in [0.1, 0.15) is 0 Å². The molecule has 0 unspecified atom stereocenters. The number of anilines is 1. The van der Waals surface area contributed by atoms with Crippen LogP contribution in [-0.4, -0.2) is 28.7 Å². The van der Waals surface area contributed by atoms with Gasteiger partial charge in [-0.3, -0.25) is 9.78 Å². The Balaban J connectivity index is 1.96. The number of rotatable bonds is 6. The Kier molecular flexibility index (Phi) is 4.99. The molecule has 0 aromatic carbocycles. The van der Waals surface area contributed by atoms with Gasteiger partial charge in [0.25, 0.3) is 5.91 Å². The smallest absolute Gasteiger partial charge is 0.422 e. The Labute approximate surface area is 129 Å². The highest BCUT2D eigenvalue weighted by Gasteiger charge is 2.28. The normalized spacial score (nSPS) is 11.1. The molecule has 1 amide bonds. The molecule has 6 nitrogen and oxygen atoms in total. The second kappa shape index (κ2) is 6.95. The molecule has 9 heteroatoms. The number of hydrogen-bond acceptors (Lipinski definition) is 5. The van der Waals surface area contributed by atoms with Gasteiger partial charge in [0.2, 0.25) is 5.88 Å². The van der Waals surface area contributed by atoms with Crippen LogP contribution in [-0.2, 0) is 6.54 Å². The second-order valence-electron chi connectivity index (χ2n) is 4.55. The topological polar surface area (TPSA) is 90.1 Å². The first kappa shape index (κ1) is 16.5. The lowest BCUT2D eigenvalue weighted by Crippen LogP contribution is -2.19. The summed E-state index contributed by atoms with van der Waals surface area (Å²) in [6.45, 7) is -1.09. The summed E-state index contributed by atoms with van der Waals surface area (Å²) in [7, 11) is 0. The molecule has 0 aliphatic carbocycles. The van der Waals surface area contributed by atoms with Gasteiger partial charge in [0.15, 0.2) is 6.61 Å². The van der Waals surface area contributed by atoms with E-state index >= 15 is 0 Å². The number of alkyl halides is 3. The summed E-state index contributed by atoms with van der Waals surface area (Å²) in [5.41, 5.74) is 6.67. The number of carbonyl (C=O) groups is 1. The molecule has 0 saturated heterocycles. The van der Waals surface area contributed by atoms with E-state index in [1.807, 2.05) is 0 Å². The quantitative estimate of drug-likeness (QED) is 0.849. The van der Waals surface area contributed by atoms with E-state index in [1.165, 1.54) is 24.7 Å². The van der Waals surface area contributed by atoms with Gasteiger partial charge in [-0.2, -0.15) is 13.2 Å². The van der Waals surface area contributed by atoms with Crippen molar-refractivity contribution in [1.29, 1.82) is 0 Å². The monoisotopic (exact) mass is 326 g/mol. The summed E-state index contributed by atoms with van der Waals surface area (Å²) in [6.07, 6.45) is -0.184. The van der Waals surface area contributed by atoms with Crippen LogP contribution in [0.5, 0.6) is 5.88 Å². The number of pyridine rings is 2. The SMILES string of the molecule is NC(=O)c1cnccc1NCc1ccc(OCC(F)(F)F)nc1. The molecule has 0 fully saturated rings. The molecular formula is C14H13F3N4O2. The standard InChI is InChI=1S/C14H13F3N4O2/c15-14(16,17)8-23-12-2-1-9(6-21-12)5-20-11-3-4-19-7-10(11)13(18)22/h1-4,6-7H,5,8H2,(H2,18,22)(H,19,20). The first-order chi connectivity index (χ1) is 10.8. The van der Waals surface area contributed by atoms with Crippen molar-refractivity contribution < 1.29 is 22.7 Å². The van der Waals surface area contributed by atoms with Crippen molar-refractivity contribution in [3.05, 3.63) is 47.9 Å². The van der Waals surface area contributed by atoms with Gasteiger partial charge in [-0.05, 0) is 11.6 Å². The number of nitrogens with two attached hydrogens (primary N) is 1. The van der Waals surface area contributed by atoms with E-state index in [9.17, 15) is 18.0 Å². The fourth-order valence-electron chi connectivity index (χ4n) is 1.70. The molecule has 122 valence electrons. The van der Waals surface area contributed by atoms with Crippen molar-refractivity contribution in [1.82, 2.24) is 9.97 Å². The van der Waals surface area contributed by atoms with Crippen LogP contribution in [0.1, 0.15) is 15.9 Å². The largest absolute Gasteiger partial charge is 0.468 e. The van der Waals surface area contributed by atoms with E-state index in [0.29, 0.717) is 17.8 Å². The molecule has 2 heterocycles. The third-order valence-corrected chi connectivity index (χ3v) is 2.75. The summed E-state index contributed by atoms with van der Waals surface area (Å²) in [4.78, 5) is 18.8.